The first-order valence-corrected chi connectivity index (χ1v) is 4.84. The molecule has 5 heteroatoms. The molecule has 1 amide bonds. The van der Waals surface area contributed by atoms with Crippen molar-refractivity contribution in [3.63, 3.8) is 0 Å². The minimum atomic E-state index is 0.0191. The lowest BCUT2D eigenvalue weighted by Crippen LogP contribution is -2.21. The van der Waals surface area contributed by atoms with E-state index in [9.17, 15) is 4.79 Å². The normalized spacial score (nSPS) is 16.3. The van der Waals surface area contributed by atoms with Gasteiger partial charge in [-0.1, -0.05) is 6.42 Å². The van der Waals surface area contributed by atoms with Crippen molar-refractivity contribution in [2.24, 2.45) is 5.92 Å². The van der Waals surface area contributed by atoms with Gasteiger partial charge in [0.25, 0.3) is 0 Å². The zero-order chi connectivity index (χ0) is 9.97. The molecule has 0 radical (unpaired) electrons. The van der Waals surface area contributed by atoms with E-state index in [1.54, 1.807) is 0 Å². The van der Waals surface area contributed by atoms with Crippen LogP contribution in [0.5, 0.6) is 0 Å². The fourth-order valence-electron chi connectivity index (χ4n) is 1.55. The first-order valence-electron chi connectivity index (χ1n) is 4.84. The molecule has 1 aromatic heterocycles. The molecule has 2 rings (SSSR count). The molecule has 0 aromatic carbocycles. The van der Waals surface area contributed by atoms with Crippen molar-refractivity contribution in [2.75, 3.05) is 11.1 Å². The highest BCUT2D eigenvalue weighted by molar-refractivity contribution is 5.92. The maximum absolute atomic E-state index is 11.5. The van der Waals surface area contributed by atoms with Crippen LogP contribution in [0, 0.1) is 5.92 Å². The largest absolute Gasteiger partial charge is 0.394 e. The van der Waals surface area contributed by atoms with E-state index in [-0.39, 0.29) is 5.91 Å². The van der Waals surface area contributed by atoms with Gasteiger partial charge in [0.2, 0.25) is 5.91 Å². The average Bonchev–Trinajstić information content (AvgIpc) is 2.45. The van der Waals surface area contributed by atoms with Crippen molar-refractivity contribution in [2.45, 2.75) is 25.7 Å². The first-order chi connectivity index (χ1) is 6.75. The molecule has 4 N–H and O–H groups in total. The zero-order valence-electron chi connectivity index (χ0n) is 7.92. The first kappa shape index (κ1) is 9.05. The Morgan fingerprint density at radius 1 is 1.71 bits per heavy atom. The summed E-state index contributed by atoms with van der Waals surface area (Å²) in [6.07, 6.45) is 5.68. The third kappa shape index (κ3) is 1.86. The van der Waals surface area contributed by atoms with Gasteiger partial charge in [0, 0.05) is 6.42 Å². The van der Waals surface area contributed by atoms with Gasteiger partial charge in [-0.05, 0) is 18.8 Å². The molecule has 0 spiro atoms. The molecule has 1 heterocycles. The molecule has 0 bridgehead atoms. The molecule has 1 aliphatic rings. The predicted octanol–water partition coefficient (Wildman–Crippen LogP) is 1.12. The Kier molecular flexibility index (Phi) is 2.39. The lowest BCUT2D eigenvalue weighted by atomic mass is 9.83. The number of carbonyl (C=O) groups is 1. The lowest BCUT2D eigenvalue weighted by Gasteiger charge is -2.24. The van der Waals surface area contributed by atoms with Crippen LogP contribution in [0.1, 0.15) is 25.7 Å². The van der Waals surface area contributed by atoms with Gasteiger partial charge in [0.1, 0.15) is 0 Å². The Balaban J connectivity index is 1.84. The van der Waals surface area contributed by atoms with Gasteiger partial charge < -0.3 is 11.1 Å². The zero-order valence-corrected chi connectivity index (χ0v) is 7.92. The molecule has 0 aliphatic heterocycles. The van der Waals surface area contributed by atoms with E-state index in [0.29, 0.717) is 23.8 Å². The summed E-state index contributed by atoms with van der Waals surface area (Å²) in [4.78, 5) is 11.5. The highest BCUT2D eigenvalue weighted by atomic mass is 16.1. The second kappa shape index (κ2) is 3.69. The number of nitrogens with one attached hydrogen (secondary N) is 2. The summed E-state index contributed by atoms with van der Waals surface area (Å²) in [7, 11) is 0. The van der Waals surface area contributed by atoms with Crippen LogP contribution in [-0.4, -0.2) is 16.1 Å². The number of carbonyl (C=O) groups excluding carboxylic acids is 1. The van der Waals surface area contributed by atoms with Crippen LogP contribution in [0.25, 0.3) is 0 Å². The quantitative estimate of drug-likeness (QED) is 0.674. The summed E-state index contributed by atoms with van der Waals surface area (Å²) < 4.78 is 0. The molecule has 0 atom stereocenters. The molecule has 0 unspecified atom stereocenters. The molecule has 1 aliphatic carbocycles. The fourth-order valence-corrected chi connectivity index (χ4v) is 1.55. The maximum atomic E-state index is 11.5. The number of aromatic amines is 1. The Labute approximate surface area is 82.1 Å². The third-order valence-corrected chi connectivity index (χ3v) is 2.63. The van der Waals surface area contributed by atoms with Crippen LogP contribution >= 0.6 is 0 Å². The van der Waals surface area contributed by atoms with Gasteiger partial charge in [0.15, 0.2) is 5.82 Å². The van der Waals surface area contributed by atoms with E-state index in [2.05, 4.69) is 15.5 Å². The molecular weight excluding hydrogens is 180 g/mol. The smallest absolute Gasteiger partial charge is 0.225 e. The van der Waals surface area contributed by atoms with Crippen molar-refractivity contribution < 1.29 is 4.79 Å². The predicted molar refractivity (Wildman–Crippen MR) is 53.6 cm³/mol. The van der Waals surface area contributed by atoms with E-state index in [1.807, 2.05) is 0 Å². The number of hydrogen-bond donors (Lipinski definition) is 3. The van der Waals surface area contributed by atoms with Gasteiger partial charge in [-0.15, -0.1) is 0 Å². The van der Waals surface area contributed by atoms with Crippen LogP contribution in [-0.2, 0) is 4.79 Å². The Morgan fingerprint density at radius 3 is 3.00 bits per heavy atom. The van der Waals surface area contributed by atoms with Crippen molar-refractivity contribution in [1.82, 2.24) is 10.2 Å². The minimum absolute atomic E-state index is 0.0191. The molecule has 0 saturated heterocycles. The monoisotopic (exact) mass is 194 g/mol. The highest BCUT2D eigenvalue weighted by Gasteiger charge is 2.21. The lowest BCUT2D eigenvalue weighted by molar-refractivity contribution is -0.117. The summed E-state index contributed by atoms with van der Waals surface area (Å²) in [5, 5.41) is 9.07. The summed E-state index contributed by atoms with van der Waals surface area (Å²) in [5.74, 6) is 1.10. The molecule has 76 valence electrons. The van der Waals surface area contributed by atoms with Crippen molar-refractivity contribution in [1.29, 1.82) is 0 Å². The van der Waals surface area contributed by atoms with E-state index < -0.39 is 0 Å². The van der Waals surface area contributed by atoms with Crippen molar-refractivity contribution in [3.8, 4) is 0 Å². The maximum Gasteiger partial charge on any atom is 0.225 e. The summed E-state index contributed by atoms with van der Waals surface area (Å²) in [6, 6.07) is 0. The number of hydrogen-bond acceptors (Lipinski definition) is 3. The van der Waals surface area contributed by atoms with Crippen molar-refractivity contribution in [3.05, 3.63) is 6.20 Å². The number of amides is 1. The SMILES string of the molecule is Nc1cn[nH]c1NC(=O)CC1CCC1. The van der Waals surface area contributed by atoms with Gasteiger partial charge >= 0.3 is 0 Å². The van der Waals surface area contributed by atoms with Crippen molar-refractivity contribution >= 4 is 17.4 Å². The van der Waals surface area contributed by atoms with Crippen LogP contribution in [0.3, 0.4) is 0 Å². The second-order valence-corrected chi connectivity index (χ2v) is 3.75. The van der Waals surface area contributed by atoms with Crippen LogP contribution in [0.15, 0.2) is 6.20 Å². The van der Waals surface area contributed by atoms with E-state index in [0.717, 1.165) is 0 Å². The Morgan fingerprint density at radius 2 is 2.50 bits per heavy atom. The number of nitrogens with two attached hydrogens (primary N) is 1. The van der Waals surface area contributed by atoms with E-state index >= 15 is 0 Å². The van der Waals surface area contributed by atoms with Crippen LogP contribution in [0.4, 0.5) is 11.5 Å². The summed E-state index contributed by atoms with van der Waals surface area (Å²) in [6.45, 7) is 0. The number of rotatable bonds is 3. The average molecular weight is 194 g/mol. The minimum Gasteiger partial charge on any atom is -0.394 e. The molecule has 1 aromatic rings. The fraction of sp³-hybridized carbons (Fsp3) is 0.556. The van der Waals surface area contributed by atoms with Crippen LogP contribution in [0.2, 0.25) is 0 Å². The molecule has 1 saturated carbocycles. The van der Waals surface area contributed by atoms with Gasteiger partial charge in [-0.2, -0.15) is 5.10 Å². The number of nitrogen functional groups attached to an aromatic ring is 1. The topological polar surface area (TPSA) is 83.8 Å². The summed E-state index contributed by atoms with van der Waals surface area (Å²) in [5.41, 5.74) is 6.04. The van der Waals surface area contributed by atoms with Gasteiger partial charge in [-0.25, -0.2) is 0 Å². The van der Waals surface area contributed by atoms with E-state index in [1.165, 1.54) is 25.5 Å². The Hall–Kier alpha value is -1.52. The second-order valence-electron chi connectivity index (χ2n) is 3.75. The molecule has 14 heavy (non-hydrogen) atoms. The molecular formula is C9H14N4O. The van der Waals surface area contributed by atoms with Crippen LogP contribution < -0.4 is 11.1 Å². The van der Waals surface area contributed by atoms with E-state index in [4.69, 9.17) is 5.73 Å². The third-order valence-electron chi connectivity index (χ3n) is 2.63. The number of nitrogens with zero attached hydrogens (tertiary/aromatic N) is 1. The standard InChI is InChI=1S/C9H14N4O/c10-7-5-11-13-9(7)12-8(14)4-6-2-1-3-6/h5-6H,1-4,10H2,(H2,11,12,13,14). The number of H-pyrrole nitrogens is 1. The van der Waals surface area contributed by atoms with Gasteiger partial charge in [0.05, 0.1) is 11.9 Å². The Bertz CT molecular complexity index is 329. The van der Waals surface area contributed by atoms with Gasteiger partial charge in [-0.3, -0.25) is 9.89 Å². The number of aromatic nitrogens is 2. The highest BCUT2D eigenvalue weighted by Crippen LogP contribution is 2.29. The molecule has 1 fully saturated rings. The number of anilines is 2. The molecule has 5 nitrogen and oxygen atoms in total. The summed E-state index contributed by atoms with van der Waals surface area (Å²) >= 11 is 0.